The van der Waals surface area contributed by atoms with Crippen LogP contribution < -0.4 is 16.3 Å². The molecule has 0 saturated heterocycles. The number of hydrogen-bond acceptors (Lipinski definition) is 3. The van der Waals surface area contributed by atoms with Crippen molar-refractivity contribution in [3.8, 4) is 0 Å². The third kappa shape index (κ3) is 5.49. The molecule has 2 aromatic rings. The first-order chi connectivity index (χ1) is 14.0. The highest BCUT2D eigenvalue weighted by Gasteiger charge is 2.20. The number of aryl methyl sites for hydroxylation is 2. The van der Waals surface area contributed by atoms with E-state index in [0.29, 0.717) is 13.1 Å². The van der Waals surface area contributed by atoms with Crippen molar-refractivity contribution >= 4 is 5.96 Å². The van der Waals surface area contributed by atoms with Gasteiger partial charge in [0.1, 0.15) is 5.82 Å². The summed E-state index contributed by atoms with van der Waals surface area (Å²) in [5.41, 5.74) is 1.28. The van der Waals surface area contributed by atoms with Crippen molar-refractivity contribution in [3.05, 3.63) is 52.2 Å². The Morgan fingerprint density at radius 2 is 2.00 bits per heavy atom. The molecule has 1 aromatic carbocycles. The molecule has 0 saturated carbocycles. The molecule has 0 aliphatic carbocycles. The second-order valence-electron chi connectivity index (χ2n) is 8.26. The molecule has 0 radical (unpaired) electrons. The first-order valence-corrected chi connectivity index (χ1v) is 10.8. The van der Waals surface area contributed by atoms with Crippen LogP contribution in [0.15, 0.2) is 40.1 Å². The molecule has 0 spiro atoms. The summed E-state index contributed by atoms with van der Waals surface area (Å²) in [6.45, 7) is 10.2. The van der Waals surface area contributed by atoms with Crippen molar-refractivity contribution in [1.29, 1.82) is 0 Å². The summed E-state index contributed by atoms with van der Waals surface area (Å²) in [5, 5.41) is 11.2. The van der Waals surface area contributed by atoms with Gasteiger partial charge in [0.2, 0.25) is 0 Å². The second-order valence-corrected chi connectivity index (χ2v) is 8.26. The minimum atomic E-state index is -0.0353. The number of nitrogens with zero attached hydrogens (tertiary/aromatic N) is 4. The number of hydrogen-bond donors (Lipinski definition) is 2. The highest BCUT2D eigenvalue weighted by Crippen LogP contribution is 2.22. The molecule has 158 valence electrons. The molecule has 0 unspecified atom stereocenters. The molecule has 3 rings (SSSR count). The minimum absolute atomic E-state index is 0.0323. The van der Waals surface area contributed by atoms with Crippen LogP contribution in [0.25, 0.3) is 0 Å². The SMILES string of the molecule is CCNC(=NCC(C)(C)c1ccccc1)NCCCn1nc2n(c1=O)CCCC2. The number of nitrogens with one attached hydrogen (secondary N) is 2. The van der Waals surface area contributed by atoms with Crippen LogP contribution in [-0.4, -0.2) is 39.9 Å². The van der Waals surface area contributed by atoms with Crippen LogP contribution in [-0.2, 0) is 24.9 Å². The maximum Gasteiger partial charge on any atom is 0.345 e. The lowest BCUT2D eigenvalue weighted by Crippen LogP contribution is -2.39. The summed E-state index contributed by atoms with van der Waals surface area (Å²) in [5.74, 6) is 1.75. The topological polar surface area (TPSA) is 76.2 Å². The normalized spacial score (nSPS) is 14.5. The molecule has 0 amide bonds. The van der Waals surface area contributed by atoms with Crippen molar-refractivity contribution < 1.29 is 0 Å². The van der Waals surface area contributed by atoms with Gasteiger partial charge in [-0.15, -0.1) is 0 Å². The average Bonchev–Trinajstić information content (AvgIpc) is 3.06. The summed E-state index contributed by atoms with van der Waals surface area (Å²) < 4.78 is 3.44. The largest absolute Gasteiger partial charge is 0.357 e. The van der Waals surface area contributed by atoms with Crippen LogP contribution in [0.5, 0.6) is 0 Å². The summed E-state index contributed by atoms with van der Waals surface area (Å²) in [7, 11) is 0. The smallest absolute Gasteiger partial charge is 0.345 e. The lowest BCUT2D eigenvalue weighted by Gasteiger charge is -2.24. The zero-order valence-corrected chi connectivity index (χ0v) is 17.9. The van der Waals surface area contributed by atoms with E-state index in [9.17, 15) is 4.79 Å². The number of guanidine groups is 1. The van der Waals surface area contributed by atoms with Gasteiger partial charge in [0.05, 0.1) is 6.54 Å². The van der Waals surface area contributed by atoms with Gasteiger partial charge in [-0.1, -0.05) is 44.2 Å². The maximum absolute atomic E-state index is 12.4. The fraction of sp³-hybridized carbons (Fsp3) is 0.591. The van der Waals surface area contributed by atoms with E-state index in [2.05, 4.69) is 60.8 Å². The third-order valence-electron chi connectivity index (χ3n) is 5.40. The maximum atomic E-state index is 12.4. The molecule has 0 atom stereocenters. The number of fused-ring (bicyclic) bond motifs is 1. The van der Waals surface area contributed by atoms with Crippen LogP contribution in [0.1, 0.15) is 51.4 Å². The Morgan fingerprint density at radius 1 is 1.21 bits per heavy atom. The molecule has 1 aromatic heterocycles. The standard InChI is InChI=1S/C22H34N6O/c1-4-23-20(25-17-22(2,3)18-11-6-5-7-12-18)24-14-10-16-28-21(29)27-15-9-8-13-19(27)26-28/h5-7,11-12H,4,8-10,13-17H2,1-3H3,(H2,23,24,25). The highest BCUT2D eigenvalue weighted by molar-refractivity contribution is 5.79. The van der Waals surface area contributed by atoms with E-state index in [1.807, 2.05) is 10.6 Å². The van der Waals surface area contributed by atoms with Gasteiger partial charge in [-0.3, -0.25) is 9.56 Å². The zero-order valence-electron chi connectivity index (χ0n) is 17.9. The first-order valence-electron chi connectivity index (χ1n) is 10.8. The van der Waals surface area contributed by atoms with E-state index in [-0.39, 0.29) is 11.1 Å². The van der Waals surface area contributed by atoms with Crippen molar-refractivity contribution in [2.75, 3.05) is 19.6 Å². The molecule has 7 heteroatoms. The average molecular weight is 399 g/mol. The Hall–Kier alpha value is -2.57. The Kier molecular flexibility index (Phi) is 7.12. The van der Waals surface area contributed by atoms with Gasteiger partial charge in [-0.05, 0) is 31.7 Å². The predicted molar refractivity (Wildman–Crippen MR) is 117 cm³/mol. The van der Waals surface area contributed by atoms with Gasteiger partial charge in [-0.2, -0.15) is 5.10 Å². The molecular weight excluding hydrogens is 364 g/mol. The van der Waals surface area contributed by atoms with Gasteiger partial charge in [-0.25, -0.2) is 9.48 Å². The summed E-state index contributed by atoms with van der Waals surface area (Å²) in [6, 6.07) is 10.5. The number of aliphatic imine (C=N–C) groups is 1. The van der Waals surface area contributed by atoms with E-state index in [1.54, 1.807) is 4.68 Å². The third-order valence-corrected chi connectivity index (χ3v) is 5.40. The zero-order chi connectivity index (χ0) is 20.7. The Morgan fingerprint density at radius 3 is 2.72 bits per heavy atom. The van der Waals surface area contributed by atoms with Gasteiger partial charge >= 0.3 is 5.69 Å². The van der Waals surface area contributed by atoms with E-state index < -0.39 is 0 Å². The highest BCUT2D eigenvalue weighted by atomic mass is 16.2. The van der Waals surface area contributed by atoms with Gasteiger partial charge < -0.3 is 10.6 Å². The Labute approximate surface area is 173 Å². The Balaban J connectivity index is 1.52. The molecule has 7 nitrogen and oxygen atoms in total. The van der Waals surface area contributed by atoms with E-state index >= 15 is 0 Å². The van der Waals surface area contributed by atoms with Gasteiger partial charge in [0.25, 0.3) is 0 Å². The van der Waals surface area contributed by atoms with Gasteiger partial charge in [0.15, 0.2) is 5.96 Å². The van der Waals surface area contributed by atoms with Crippen molar-refractivity contribution in [2.45, 2.75) is 65.0 Å². The van der Waals surface area contributed by atoms with Crippen LogP contribution in [0.2, 0.25) is 0 Å². The second kappa shape index (κ2) is 9.76. The molecular formula is C22H34N6O. The van der Waals surface area contributed by atoms with E-state index in [1.165, 1.54) is 5.56 Å². The molecule has 2 N–H and O–H groups in total. The molecule has 2 heterocycles. The number of benzene rings is 1. The van der Waals surface area contributed by atoms with Crippen molar-refractivity contribution in [3.63, 3.8) is 0 Å². The summed E-state index contributed by atoms with van der Waals surface area (Å²) in [6.07, 6.45) is 3.93. The fourth-order valence-electron chi connectivity index (χ4n) is 3.63. The van der Waals surface area contributed by atoms with E-state index in [0.717, 1.165) is 57.1 Å². The predicted octanol–water partition coefficient (Wildman–Crippen LogP) is 2.30. The van der Waals surface area contributed by atoms with Crippen LogP contribution in [0.4, 0.5) is 0 Å². The lowest BCUT2D eigenvalue weighted by atomic mass is 9.85. The molecule has 29 heavy (non-hydrogen) atoms. The fourth-order valence-corrected chi connectivity index (χ4v) is 3.63. The number of aromatic nitrogens is 3. The molecule has 1 aliphatic rings. The van der Waals surface area contributed by atoms with E-state index in [4.69, 9.17) is 4.99 Å². The number of rotatable bonds is 8. The lowest BCUT2D eigenvalue weighted by molar-refractivity contribution is 0.508. The first kappa shape index (κ1) is 21.1. The van der Waals surface area contributed by atoms with Crippen LogP contribution in [0.3, 0.4) is 0 Å². The Bertz CT molecular complexity index is 865. The monoisotopic (exact) mass is 398 g/mol. The van der Waals surface area contributed by atoms with Crippen molar-refractivity contribution in [1.82, 2.24) is 25.0 Å². The van der Waals surface area contributed by atoms with Crippen molar-refractivity contribution in [2.24, 2.45) is 4.99 Å². The quantitative estimate of drug-likeness (QED) is 0.406. The summed E-state index contributed by atoms with van der Waals surface area (Å²) >= 11 is 0. The van der Waals surface area contributed by atoms with Crippen LogP contribution in [0, 0.1) is 0 Å². The molecule has 0 bridgehead atoms. The minimum Gasteiger partial charge on any atom is -0.357 e. The van der Waals surface area contributed by atoms with Gasteiger partial charge in [0, 0.05) is 38.0 Å². The molecule has 1 aliphatic heterocycles. The van der Waals surface area contributed by atoms with Crippen LogP contribution >= 0.6 is 0 Å². The summed E-state index contributed by atoms with van der Waals surface area (Å²) in [4.78, 5) is 17.2. The molecule has 0 fully saturated rings.